The molecule has 0 aliphatic carbocycles. The first kappa shape index (κ1) is 17.1. The van der Waals surface area contributed by atoms with Crippen LogP contribution in [0.5, 0.6) is 0 Å². The lowest BCUT2D eigenvalue weighted by Gasteiger charge is -1.99. The Bertz CT molecular complexity index is 1070. The van der Waals surface area contributed by atoms with Gasteiger partial charge in [-0.2, -0.15) is 0 Å². The zero-order valence-electron chi connectivity index (χ0n) is 13.2. The highest BCUT2D eigenvalue weighted by atomic mass is 32.2. The van der Waals surface area contributed by atoms with Crippen molar-refractivity contribution in [2.45, 2.75) is 10.1 Å². The summed E-state index contributed by atoms with van der Waals surface area (Å²) >= 11 is 8.19. The zero-order valence-corrected chi connectivity index (χ0v) is 15.7. The third-order valence-electron chi connectivity index (χ3n) is 3.41. The van der Waals surface area contributed by atoms with Gasteiger partial charge in [-0.3, -0.25) is 0 Å². The Morgan fingerprint density at radius 3 is 2.62 bits per heavy atom. The Labute approximate surface area is 161 Å². The van der Waals surface area contributed by atoms with Crippen LogP contribution in [0, 0.1) is 9.77 Å². The van der Waals surface area contributed by atoms with E-state index in [1.54, 1.807) is 16.8 Å². The van der Waals surface area contributed by atoms with Crippen LogP contribution in [-0.2, 0) is 5.75 Å². The third-order valence-corrected chi connectivity index (χ3v) is 5.76. The molecule has 2 heterocycles. The number of hydrogen-bond acceptors (Lipinski definition) is 7. The quantitative estimate of drug-likeness (QED) is 0.340. The second-order valence-corrected chi connectivity index (χ2v) is 8.02. The van der Waals surface area contributed by atoms with Gasteiger partial charge < -0.3 is 4.42 Å². The van der Waals surface area contributed by atoms with E-state index in [4.69, 9.17) is 16.6 Å². The van der Waals surface area contributed by atoms with Crippen molar-refractivity contribution in [3.05, 3.63) is 70.3 Å². The minimum Gasteiger partial charge on any atom is -0.420 e. The molecule has 26 heavy (non-hydrogen) atoms. The first-order valence-corrected chi connectivity index (χ1v) is 9.77. The highest BCUT2D eigenvalue weighted by molar-refractivity contribution is 8.00. The van der Waals surface area contributed by atoms with Gasteiger partial charge in [-0.25, -0.2) is 9.07 Å². The van der Waals surface area contributed by atoms with Crippen LogP contribution in [0.25, 0.3) is 17.1 Å². The molecule has 0 bridgehead atoms. The molecule has 9 heteroatoms. The SMILES string of the molecule is Fc1ccc(-n2nc(SCc3nnc(-c4ccccc4)o3)sc2=S)cc1. The van der Waals surface area contributed by atoms with E-state index in [0.29, 0.717) is 21.5 Å². The van der Waals surface area contributed by atoms with Crippen molar-refractivity contribution in [2.75, 3.05) is 0 Å². The van der Waals surface area contributed by atoms with E-state index in [9.17, 15) is 4.39 Å². The van der Waals surface area contributed by atoms with Gasteiger partial charge in [-0.15, -0.1) is 15.3 Å². The Hall–Kier alpha value is -2.36. The molecule has 5 nitrogen and oxygen atoms in total. The average molecular weight is 403 g/mol. The fourth-order valence-corrected chi connectivity index (χ4v) is 4.40. The van der Waals surface area contributed by atoms with Crippen molar-refractivity contribution < 1.29 is 8.81 Å². The van der Waals surface area contributed by atoms with Gasteiger partial charge in [0.1, 0.15) is 5.82 Å². The molecule has 2 aromatic heterocycles. The second-order valence-electron chi connectivity index (χ2n) is 5.18. The number of benzene rings is 2. The van der Waals surface area contributed by atoms with Crippen molar-refractivity contribution in [2.24, 2.45) is 0 Å². The smallest absolute Gasteiger partial charge is 0.247 e. The Morgan fingerprint density at radius 1 is 1.08 bits per heavy atom. The van der Waals surface area contributed by atoms with E-state index in [0.717, 1.165) is 15.6 Å². The van der Waals surface area contributed by atoms with Gasteiger partial charge in [0, 0.05) is 5.56 Å². The largest absolute Gasteiger partial charge is 0.420 e. The van der Waals surface area contributed by atoms with Gasteiger partial charge in [0.2, 0.25) is 11.8 Å². The van der Waals surface area contributed by atoms with Gasteiger partial charge in [-0.05, 0) is 48.6 Å². The highest BCUT2D eigenvalue weighted by Gasteiger charge is 2.11. The fourth-order valence-electron chi connectivity index (χ4n) is 2.20. The van der Waals surface area contributed by atoms with E-state index in [2.05, 4.69) is 15.3 Å². The Morgan fingerprint density at radius 2 is 1.85 bits per heavy atom. The van der Waals surface area contributed by atoms with Crippen LogP contribution in [0.4, 0.5) is 4.39 Å². The minimum absolute atomic E-state index is 0.296. The Balaban J connectivity index is 1.47. The van der Waals surface area contributed by atoms with Gasteiger partial charge in [0.05, 0.1) is 11.4 Å². The van der Waals surface area contributed by atoms with Crippen LogP contribution in [0.2, 0.25) is 0 Å². The van der Waals surface area contributed by atoms with E-state index < -0.39 is 0 Å². The van der Waals surface area contributed by atoms with Crippen LogP contribution in [-0.4, -0.2) is 20.0 Å². The first-order valence-electron chi connectivity index (χ1n) is 7.56. The normalized spacial score (nSPS) is 11.0. The van der Waals surface area contributed by atoms with E-state index in [-0.39, 0.29) is 5.82 Å². The summed E-state index contributed by atoms with van der Waals surface area (Å²) in [6.07, 6.45) is 0. The van der Waals surface area contributed by atoms with E-state index in [1.165, 1.54) is 35.2 Å². The van der Waals surface area contributed by atoms with Gasteiger partial charge in [-0.1, -0.05) is 41.3 Å². The monoisotopic (exact) mass is 402 g/mol. The lowest BCUT2D eigenvalue weighted by Crippen LogP contribution is -1.96. The maximum atomic E-state index is 13.1. The van der Waals surface area contributed by atoms with Gasteiger partial charge in [0.25, 0.3) is 0 Å². The molecule has 0 unspecified atom stereocenters. The summed E-state index contributed by atoms with van der Waals surface area (Å²) in [5, 5.41) is 12.6. The standard InChI is InChI=1S/C17H11FN4OS3/c18-12-6-8-13(9-7-12)22-17(24)26-16(21-22)25-10-14-19-20-15(23-14)11-4-2-1-3-5-11/h1-9H,10H2. The summed E-state index contributed by atoms with van der Waals surface area (Å²) in [6, 6.07) is 15.7. The van der Waals surface area contributed by atoms with E-state index in [1.807, 2.05) is 30.3 Å². The van der Waals surface area contributed by atoms with Crippen LogP contribution in [0.15, 0.2) is 63.4 Å². The number of halogens is 1. The molecule has 4 aromatic rings. The predicted octanol–water partition coefficient (Wildman–Crippen LogP) is 5.14. The minimum atomic E-state index is -0.296. The second kappa shape index (κ2) is 7.48. The van der Waals surface area contributed by atoms with Crippen molar-refractivity contribution >= 4 is 35.3 Å². The summed E-state index contributed by atoms with van der Waals surface area (Å²) in [4.78, 5) is 0. The van der Waals surface area contributed by atoms with Crippen LogP contribution in [0.1, 0.15) is 5.89 Å². The maximum Gasteiger partial charge on any atom is 0.247 e. The van der Waals surface area contributed by atoms with Crippen molar-refractivity contribution in [1.82, 2.24) is 20.0 Å². The molecule has 0 saturated heterocycles. The molecule has 0 aliphatic heterocycles. The molecule has 0 atom stereocenters. The third kappa shape index (κ3) is 3.74. The number of nitrogens with zero attached hydrogens (tertiary/aromatic N) is 4. The van der Waals surface area contributed by atoms with Crippen molar-refractivity contribution in [3.63, 3.8) is 0 Å². The van der Waals surface area contributed by atoms with Crippen LogP contribution in [0.3, 0.4) is 0 Å². The summed E-state index contributed by atoms with van der Waals surface area (Å²) in [7, 11) is 0. The predicted molar refractivity (Wildman–Crippen MR) is 102 cm³/mol. The fraction of sp³-hybridized carbons (Fsp3) is 0.0588. The molecule has 0 N–H and O–H groups in total. The highest BCUT2D eigenvalue weighted by Crippen LogP contribution is 2.28. The number of hydrogen-bond donors (Lipinski definition) is 0. The zero-order chi connectivity index (χ0) is 17.9. The number of thioether (sulfide) groups is 1. The number of rotatable bonds is 5. The molecule has 4 rings (SSSR count). The summed E-state index contributed by atoms with van der Waals surface area (Å²) in [6.45, 7) is 0. The summed E-state index contributed by atoms with van der Waals surface area (Å²) in [5.41, 5.74) is 1.61. The van der Waals surface area contributed by atoms with Crippen LogP contribution < -0.4 is 0 Å². The Kier molecular flexibility index (Phi) is 4.91. The topological polar surface area (TPSA) is 56.7 Å². The molecule has 0 amide bonds. The van der Waals surface area contributed by atoms with Gasteiger partial charge in [0.15, 0.2) is 8.29 Å². The molecule has 0 fully saturated rings. The molecule has 2 aromatic carbocycles. The lowest BCUT2D eigenvalue weighted by atomic mass is 10.2. The first-order chi connectivity index (χ1) is 12.7. The molecular weight excluding hydrogens is 391 g/mol. The number of aromatic nitrogens is 4. The van der Waals surface area contributed by atoms with Crippen LogP contribution >= 0.6 is 35.3 Å². The van der Waals surface area contributed by atoms with Crippen molar-refractivity contribution in [1.29, 1.82) is 0 Å². The van der Waals surface area contributed by atoms with E-state index >= 15 is 0 Å². The summed E-state index contributed by atoms with van der Waals surface area (Å²) < 4.78 is 21.7. The molecule has 0 spiro atoms. The lowest BCUT2D eigenvalue weighted by molar-refractivity contribution is 0.528. The molecule has 130 valence electrons. The molecule has 0 radical (unpaired) electrons. The molecule has 0 saturated carbocycles. The molecular formula is C17H11FN4OS3. The average Bonchev–Trinajstić information content (AvgIpc) is 3.28. The molecule has 0 aliphatic rings. The summed E-state index contributed by atoms with van der Waals surface area (Å²) in [5.74, 6) is 1.20. The van der Waals surface area contributed by atoms with Gasteiger partial charge >= 0.3 is 0 Å². The maximum absolute atomic E-state index is 13.1. The van der Waals surface area contributed by atoms with Crippen molar-refractivity contribution in [3.8, 4) is 17.1 Å².